The van der Waals surface area contributed by atoms with Crippen LogP contribution in [0.15, 0.2) is 54.6 Å². The quantitative estimate of drug-likeness (QED) is 0.689. The molecule has 1 saturated heterocycles. The smallest absolute Gasteiger partial charge is 0.260 e. The van der Waals surface area contributed by atoms with E-state index in [0.29, 0.717) is 50.7 Å². The lowest BCUT2D eigenvalue weighted by Crippen LogP contribution is -2.51. The van der Waals surface area contributed by atoms with E-state index in [0.717, 1.165) is 6.42 Å². The number of carbonyl (C=O) groups excluding carboxylic acids is 2. The minimum Gasteiger partial charge on any atom is -0.490 e. The number of amides is 2. The molecule has 0 N–H and O–H groups in total. The third-order valence-corrected chi connectivity index (χ3v) is 4.96. The number of ether oxygens (including phenoxy) is 2. The maximum absolute atomic E-state index is 12.5. The number of benzene rings is 2. The van der Waals surface area contributed by atoms with Crippen molar-refractivity contribution in [1.82, 2.24) is 9.80 Å². The molecular formula is C23H28N2O4. The van der Waals surface area contributed by atoms with Gasteiger partial charge in [0.05, 0.1) is 6.61 Å². The highest BCUT2D eigenvalue weighted by molar-refractivity contribution is 5.79. The van der Waals surface area contributed by atoms with E-state index < -0.39 is 0 Å². The molecule has 6 heteroatoms. The van der Waals surface area contributed by atoms with E-state index in [-0.39, 0.29) is 18.4 Å². The van der Waals surface area contributed by atoms with Crippen LogP contribution < -0.4 is 9.47 Å². The molecule has 0 saturated carbocycles. The number of piperazine rings is 1. The van der Waals surface area contributed by atoms with Gasteiger partial charge in [-0.1, -0.05) is 42.5 Å². The third-order valence-electron chi connectivity index (χ3n) is 4.96. The molecule has 0 spiro atoms. The molecular weight excluding hydrogens is 368 g/mol. The number of rotatable bonds is 8. The number of nitrogens with zero attached hydrogens (tertiary/aromatic N) is 2. The zero-order valence-electron chi connectivity index (χ0n) is 16.9. The van der Waals surface area contributed by atoms with Gasteiger partial charge in [-0.05, 0) is 31.0 Å². The Morgan fingerprint density at radius 1 is 0.793 bits per heavy atom. The molecule has 2 aromatic carbocycles. The summed E-state index contributed by atoms with van der Waals surface area (Å²) < 4.78 is 11.2. The van der Waals surface area contributed by atoms with Crippen molar-refractivity contribution in [3.8, 4) is 11.5 Å². The molecule has 0 bridgehead atoms. The van der Waals surface area contributed by atoms with Crippen LogP contribution >= 0.6 is 0 Å². The predicted octanol–water partition coefficient (Wildman–Crippen LogP) is 2.77. The van der Waals surface area contributed by atoms with E-state index in [9.17, 15) is 9.59 Å². The molecule has 154 valence electrons. The van der Waals surface area contributed by atoms with E-state index in [4.69, 9.17) is 9.47 Å². The summed E-state index contributed by atoms with van der Waals surface area (Å²) in [6, 6.07) is 17.3. The largest absolute Gasteiger partial charge is 0.490 e. The van der Waals surface area contributed by atoms with E-state index in [2.05, 4.69) is 0 Å². The van der Waals surface area contributed by atoms with Crippen molar-refractivity contribution in [2.75, 3.05) is 39.4 Å². The number of aryl methyl sites for hydroxylation is 1. The summed E-state index contributed by atoms with van der Waals surface area (Å²) in [6.07, 6.45) is 1.24. The maximum Gasteiger partial charge on any atom is 0.260 e. The summed E-state index contributed by atoms with van der Waals surface area (Å²) >= 11 is 0. The maximum atomic E-state index is 12.5. The van der Waals surface area contributed by atoms with Crippen LogP contribution in [-0.4, -0.2) is 61.0 Å². The molecule has 0 aliphatic carbocycles. The first-order valence-corrected chi connectivity index (χ1v) is 10.1. The molecule has 2 amide bonds. The Bertz CT molecular complexity index is 802. The second-order valence-corrected chi connectivity index (χ2v) is 6.92. The summed E-state index contributed by atoms with van der Waals surface area (Å²) in [4.78, 5) is 28.5. The Kier molecular flexibility index (Phi) is 7.50. The molecule has 3 rings (SSSR count). The summed E-state index contributed by atoms with van der Waals surface area (Å²) in [5.41, 5.74) is 1.17. The predicted molar refractivity (Wildman–Crippen MR) is 111 cm³/mol. The van der Waals surface area contributed by atoms with Crippen molar-refractivity contribution in [2.24, 2.45) is 0 Å². The first-order valence-electron chi connectivity index (χ1n) is 10.1. The van der Waals surface area contributed by atoms with Crippen molar-refractivity contribution in [3.05, 3.63) is 60.2 Å². The van der Waals surface area contributed by atoms with Gasteiger partial charge in [0.1, 0.15) is 0 Å². The number of para-hydroxylation sites is 2. The van der Waals surface area contributed by atoms with Crippen molar-refractivity contribution in [1.29, 1.82) is 0 Å². The first-order chi connectivity index (χ1) is 14.2. The van der Waals surface area contributed by atoms with Crippen molar-refractivity contribution in [3.63, 3.8) is 0 Å². The van der Waals surface area contributed by atoms with Crippen molar-refractivity contribution >= 4 is 11.8 Å². The van der Waals surface area contributed by atoms with Crippen LogP contribution in [0.3, 0.4) is 0 Å². The number of carbonyl (C=O) groups is 2. The molecule has 1 aliphatic heterocycles. The zero-order chi connectivity index (χ0) is 20.5. The van der Waals surface area contributed by atoms with Gasteiger partial charge >= 0.3 is 0 Å². The van der Waals surface area contributed by atoms with Gasteiger partial charge in [0.15, 0.2) is 18.1 Å². The molecule has 1 fully saturated rings. The molecule has 1 aliphatic rings. The van der Waals surface area contributed by atoms with E-state index in [1.807, 2.05) is 60.4 Å². The zero-order valence-corrected chi connectivity index (χ0v) is 16.9. The summed E-state index contributed by atoms with van der Waals surface area (Å²) in [6.45, 7) is 4.60. The molecule has 0 aromatic heterocycles. The van der Waals surface area contributed by atoms with Gasteiger partial charge in [-0.15, -0.1) is 0 Å². The normalized spacial score (nSPS) is 13.8. The second kappa shape index (κ2) is 10.5. The minimum atomic E-state index is -0.0762. The van der Waals surface area contributed by atoms with E-state index >= 15 is 0 Å². The number of hydrogen-bond donors (Lipinski definition) is 0. The Hall–Kier alpha value is -3.02. The van der Waals surface area contributed by atoms with Gasteiger partial charge in [0, 0.05) is 32.6 Å². The van der Waals surface area contributed by atoms with Crippen LogP contribution in [0.25, 0.3) is 0 Å². The molecule has 2 aromatic rings. The van der Waals surface area contributed by atoms with Gasteiger partial charge in [-0.3, -0.25) is 9.59 Å². The van der Waals surface area contributed by atoms with Crippen LogP contribution in [0, 0.1) is 0 Å². The summed E-state index contributed by atoms with van der Waals surface area (Å²) in [5, 5.41) is 0. The van der Waals surface area contributed by atoms with Gasteiger partial charge in [-0.2, -0.15) is 0 Å². The lowest BCUT2D eigenvalue weighted by molar-refractivity contribution is -0.140. The number of hydrogen-bond acceptors (Lipinski definition) is 4. The lowest BCUT2D eigenvalue weighted by Gasteiger charge is -2.34. The fraction of sp³-hybridized carbons (Fsp3) is 0.391. The second-order valence-electron chi connectivity index (χ2n) is 6.92. The Morgan fingerprint density at radius 3 is 1.97 bits per heavy atom. The van der Waals surface area contributed by atoms with Crippen LogP contribution in [0.1, 0.15) is 18.9 Å². The highest BCUT2D eigenvalue weighted by atomic mass is 16.5. The van der Waals surface area contributed by atoms with E-state index in [1.165, 1.54) is 5.56 Å². The monoisotopic (exact) mass is 396 g/mol. The molecule has 1 heterocycles. The lowest BCUT2D eigenvalue weighted by atomic mass is 10.1. The minimum absolute atomic E-state index is 0.0357. The van der Waals surface area contributed by atoms with Crippen LogP contribution in [0.4, 0.5) is 0 Å². The Balaban J connectivity index is 1.42. The average Bonchev–Trinajstić information content (AvgIpc) is 2.77. The molecule has 6 nitrogen and oxygen atoms in total. The Morgan fingerprint density at radius 2 is 1.34 bits per heavy atom. The Labute approximate surface area is 172 Å². The van der Waals surface area contributed by atoms with Gasteiger partial charge in [0.25, 0.3) is 5.91 Å². The molecule has 0 unspecified atom stereocenters. The SMILES string of the molecule is CCOc1ccccc1OCC(=O)N1CCN(C(=O)CCc2ccccc2)CC1. The molecule has 0 atom stereocenters. The third kappa shape index (κ3) is 5.98. The fourth-order valence-electron chi connectivity index (χ4n) is 3.33. The van der Waals surface area contributed by atoms with Gasteiger partial charge < -0.3 is 19.3 Å². The standard InChI is InChI=1S/C23H28N2O4/c1-2-28-20-10-6-7-11-21(20)29-18-23(27)25-16-14-24(15-17-25)22(26)13-12-19-8-4-3-5-9-19/h3-11H,2,12-18H2,1H3. The molecule has 29 heavy (non-hydrogen) atoms. The average molecular weight is 396 g/mol. The van der Waals surface area contributed by atoms with Crippen molar-refractivity contribution < 1.29 is 19.1 Å². The first kappa shape index (κ1) is 20.7. The summed E-state index contributed by atoms with van der Waals surface area (Å²) in [7, 11) is 0. The van der Waals surface area contributed by atoms with Crippen LogP contribution in [0.5, 0.6) is 11.5 Å². The van der Waals surface area contributed by atoms with Crippen molar-refractivity contribution in [2.45, 2.75) is 19.8 Å². The highest BCUT2D eigenvalue weighted by Gasteiger charge is 2.24. The van der Waals surface area contributed by atoms with Gasteiger partial charge in [0.2, 0.25) is 5.91 Å². The van der Waals surface area contributed by atoms with Crippen LogP contribution in [0.2, 0.25) is 0 Å². The highest BCUT2D eigenvalue weighted by Crippen LogP contribution is 2.26. The topological polar surface area (TPSA) is 59.1 Å². The van der Waals surface area contributed by atoms with E-state index in [1.54, 1.807) is 11.0 Å². The fourth-order valence-corrected chi connectivity index (χ4v) is 3.33. The summed E-state index contributed by atoms with van der Waals surface area (Å²) in [5.74, 6) is 1.27. The van der Waals surface area contributed by atoms with Crippen LogP contribution in [-0.2, 0) is 16.0 Å². The molecule has 0 radical (unpaired) electrons. The van der Waals surface area contributed by atoms with Gasteiger partial charge in [-0.25, -0.2) is 0 Å².